The highest BCUT2D eigenvalue weighted by atomic mass is 15.0. The molecule has 1 heteroatoms. The van der Waals surface area contributed by atoms with E-state index in [2.05, 4.69) is 33.0 Å². The lowest BCUT2D eigenvalue weighted by atomic mass is 9.63. The lowest BCUT2D eigenvalue weighted by molar-refractivity contribution is 0.0789. The quantitative estimate of drug-likeness (QED) is 0.336. The molecule has 1 aliphatic heterocycles. The van der Waals surface area contributed by atoms with Crippen LogP contribution in [-0.2, 0) is 0 Å². The predicted octanol–water partition coefficient (Wildman–Crippen LogP) is 7.10. The Bertz CT molecular complexity index is 263. The van der Waals surface area contributed by atoms with Gasteiger partial charge < -0.3 is 5.32 Å². The molecule has 0 bridgehead atoms. The highest BCUT2D eigenvalue weighted by molar-refractivity contribution is 4.96. The van der Waals surface area contributed by atoms with Gasteiger partial charge in [0.25, 0.3) is 0 Å². The molecule has 23 heavy (non-hydrogen) atoms. The lowest BCUT2D eigenvalue weighted by Crippen LogP contribution is -2.46. The summed E-state index contributed by atoms with van der Waals surface area (Å²) in [5.41, 5.74) is 0.562. The molecular formula is C22H45N. The molecule has 1 fully saturated rings. The molecule has 0 radical (unpaired) electrons. The van der Waals surface area contributed by atoms with Gasteiger partial charge in [-0.1, -0.05) is 85.5 Å². The SMILES string of the molecule is CCCCCCCCCCC(CC)C(CC)(CC)C1CCCN1. The summed E-state index contributed by atoms with van der Waals surface area (Å²) in [7, 11) is 0. The van der Waals surface area contributed by atoms with Gasteiger partial charge in [0.15, 0.2) is 0 Å². The molecular weight excluding hydrogens is 278 g/mol. The summed E-state index contributed by atoms with van der Waals surface area (Å²) < 4.78 is 0. The molecule has 1 saturated heterocycles. The molecule has 1 N–H and O–H groups in total. The maximum Gasteiger partial charge on any atom is 0.0126 e. The highest BCUT2D eigenvalue weighted by Crippen LogP contribution is 2.45. The van der Waals surface area contributed by atoms with Crippen molar-refractivity contribution in [3.8, 4) is 0 Å². The van der Waals surface area contributed by atoms with Crippen molar-refractivity contribution >= 4 is 0 Å². The van der Waals surface area contributed by atoms with E-state index in [1.54, 1.807) is 0 Å². The molecule has 0 spiro atoms. The largest absolute Gasteiger partial charge is 0.313 e. The summed E-state index contributed by atoms with van der Waals surface area (Å²) >= 11 is 0. The second kappa shape index (κ2) is 12.3. The lowest BCUT2D eigenvalue weighted by Gasteiger charge is -2.45. The van der Waals surface area contributed by atoms with E-state index in [0.29, 0.717) is 5.41 Å². The van der Waals surface area contributed by atoms with Gasteiger partial charge in [0.1, 0.15) is 0 Å². The maximum absolute atomic E-state index is 3.84. The van der Waals surface area contributed by atoms with E-state index in [0.717, 1.165) is 12.0 Å². The van der Waals surface area contributed by atoms with Crippen LogP contribution in [0.15, 0.2) is 0 Å². The monoisotopic (exact) mass is 323 g/mol. The first-order valence-electron chi connectivity index (χ1n) is 11.0. The smallest absolute Gasteiger partial charge is 0.0126 e. The fraction of sp³-hybridized carbons (Fsp3) is 1.00. The first-order chi connectivity index (χ1) is 11.2. The topological polar surface area (TPSA) is 12.0 Å². The van der Waals surface area contributed by atoms with Gasteiger partial charge in [0.2, 0.25) is 0 Å². The van der Waals surface area contributed by atoms with E-state index < -0.39 is 0 Å². The van der Waals surface area contributed by atoms with Crippen molar-refractivity contribution in [1.82, 2.24) is 5.32 Å². The fourth-order valence-electron chi connectivity index (χ4n) is 5.20. The van der Waals surface area contributed by atoms with Gasteiger partial charge in [-0.15, -0.1) is 0 Å². The summed E-state index contributed by atoms with van der Waals surface area (Å²) in [6.45, 7) is 10.9. The van der Waals surface area contributed by atoms with E-state index in [9.17, 15) is 0 Å². The number of unbranched alkanes of at least 4 members (excludes halogenated alkanes) is 7. The van der Waals surface area contributed by atoms with Gasteiger partial charge in [-0.25, -0.2) is 0 Å². The third-order valence-electron chi connectivity index (χ3n) is 6.78. The van der Waals surface area contributed by atoms with Crippen LogP contribution in [0.1, 0.15) is 118 Å². The Morgan fingerprint density at radius 1 is 0.870 bits per heavy atom. The van der Waals surface area contributed by atoms with Crippen LogP contribution in [0.25, 0.3) is 0 Å². The number of nitrogens with one attached hydrogen (secondary N) is 1. The van der Waals surface area contributed by atoms with Crippen LogP contribution >= 0.6 is 0 Å². The van der Waals surface area contributed by atoms with Crippen molar-refractivity contribution in [2.45, 2.75) is 124 Å². The zero-order valence-corrected chi connectivity index (χ0v) is 16.8. The Morgan fingerprint density at radius 3 is 1.96 bits per heavy atom. The highest BCUT2D eigenvalue weighted by Gasteiger charge is 2.42. The Hall–Kier alpha value is -0.0400. The molecule has 0 saturated carbocycles. The molecule has 0 aromatic carbocycles. The summed E-state index contributed by atoms with van der Waals surface area (Å²) in [5.74, 6) is 0.924. The molecule has 1 rings (SSSR count). The first-order valence-corrected chi connectivity index (χ1v) is 11.0. The average Bonchev–Trinajstić information content (AvgIpc) is 3.11. The maximum atomic E-state index is 3.84. The molecule has 0 aliphatic carbocycles. The van der Waals surface area contributed by atoms with Crippen LogP contribution in [0.4, 0.5) is 0 Å². The van der Waals surface area contributed by atoms with Gasteiger partial charge in [-0.2, -0.15) is 0 Å². The molecule has 1 heterocycles. The molecule has 138 valence electrons. The van der Waals surface area contributed by atoms with Crippen LogP contribution in [-0.4, -0.2) is 12.6 Å². The van der Waals surface area contributed by atoms with E-state index in [-0.39, 0.29) is 0 Å². The van der Waals surface area contributed by atoms with Gasteiger partial charge in [-0.05, 0) is 50.0 Å². The molecule has 0 aromatic rings. The summed E-state index contributed by atoms with van der Waals surface area (Å²) in [6.07, 6.45) is 19.9. The number of hydrogen-bond acceptors (Lipinski definition) is 1. The van der Waals surface area contributed by atoms with E-state index in [4.69, 9.17) is 0 Å². The van der Waals surface area contributed by atoms with Crippen LogP contribution in [0.3, 0.4) is 0 Å². The minimum absolute atomic E-state index is 0.562. The summed E-state index contributed by atoms with van der Waals surface area (Å²) in [6, 6.07) is 0.788. The van der Waals surface area contributed by atoms with Crippen LogP contribution in [0, 0.1) is 11.3 Å². The Morgan fingerprint density at radius 2 is 1.48 bits per heavy atom. The zero-order chi connectivity index (χ0) is 17.0. The standard InChI is InChI=1S/C22H45N/c1-5-9-10-11-12-13-14-15-17-20(6-2)22(7-3,8-4)21-18-16-19-23-21/h20-21,23H,5-19H2,1-4H3. The number of rotatable bonds is 14. The molecule has 0 aromatic heterocycles. The predicted molar refractivity (Wildman–Crippen MR) is 105 cm³/mol. The van der Waals surface area contributed by atoms with Crippen molar-refractivity contribution in [1.29, 1.82) is 0 Å². The minimum Gasteiger partial charge on any atom is -0.313 e. The minimum atomic E-state index is 0.562. The Labute approximate surface area is 147 Å². The molecule has 1 aliphatic rings. The van der Waals surface area contributed by atoms with Crippen LogP contribution in [0.5, 0.6) is 0 Å². The second-order valence-electron chi connectivity index (χ2n) is 7.96. The first kappa shape index (κ1) is 21.0. The van der Waals surface area contributed by atoms with Crippen molar-refractivity contribution in [2.75, 3.05) is 6.54 Å². The van der Waals surface area contributed by atoms with Crippen molar-refractivity contribution in [2.24, 2.45) is 11.3 Å². The zero-order valence-electron chi connectivity index (χ0n) is 16.8. The van der Waals surface area contributed by atoms with Gasteiger partial charge in [0, 0.05) is 6.04 Å². The van der Waals surface area contributed by atoms with Crippen LogP contribution < -0.4 is 5.32 Å². The van der Waals surface area contributed by atoms with Gasteiger partial charge in [0.05, 0.1) is 0 Å². The van der Waals surface area contributed by atoms with E-state index in [1.165, 1.54) is 96.4 Å². The van der Waals surface area contributed by atoms with Gasteiger partial charge >= 0.3 is 0 Å². The summed E-state index contributed by atoms with van der Waals surface area (Å²) in [5, 5.41) is 3.84. The van der Waals surface area contributed by atoms with Crippen molar-refractivity contribution in [3.05, 3.63) is 0 Å². The molecule has 2 atom stereocenters. The fourth-order valence-corrected chi connectivity index (χ4v) is 5.20. The molecule has 2 unspecified atom stereocenters. The average molecular weight is 324 g/mol. The Balaban J connectivity index is 2.35. The molecule has 0 amide bonds. The van der Waals surface area contributed by atoms with Gasteiger partial charge in [-0.3, -0.25) is 0 Å². The normalized spacial score (nSPS) is 20.1. The second-order valence-corrected chi connectivity index (χ2v) is 7.96. The van der Waals surface area contributed by atoms with Crippen LogP contribution in [0.2, 0.25) is 0 Å². The third kappa shape index (κ3) is 6.40. The van der Waals surface area contributed by atoms with Crippen molar-refractivity contribution in [3.63, 3.8) is 0 Å². The number of hydrogen-bond donors (Lipinski definition) is 1. The van der Waals surface area contributed by atoms with E-state index in [1.807, 2.05) is 0 Å². The molecule has 1 nitrogen and oxygen atoms in total. The third-order valence-corrected chi connectivity index (χ3v) is 6.78. The summed E-state index contributed by atoms with van der Waals surface area (Å²) in [4.78, 5) is 0. The van der Waals surface area contributed by atoms with E-state index >= 15 is 0 Å². The Kier molecular flexibility index (Phi) is 11.3. The van der Waals surface area contributed by atoms with Crippen molar-refractivity contribution < 1.29 is 0 Å².